The van der Waals surface area contributed by atoms with Gasteiger partial charge >= 0.3 is 0 Å². The highest BCUT2D eigenvalue weighted by atomic mass is 16.2. The predicted octanol–water partition coefficient (Wildman–Crippen LogP) is 3.14. The van der Waals surface area contributed by atoms with Crippen LogP contribution in [0.25, 0.3) is 11.1 Å². The quantitative estimate of drug-likeness (QED) is 0.808. The van der Waals surface area contributed by atoms with E-state index in [4.69, 9.17) is 0 Å². The summed E-state index contributed by atoms with van der Waals surface area (Å²) in [5.74, 6) is -0.365. The molecule has 0 unspecified atom stereocenters. The lowest BCUT2D eigenvalue weighted by atomic mass is 10.0. The molecule has 2 heterocycles. The van der Waals surface area contributed by atoms with Crippen molar-refractivity contribution in [2.24, 2.45) is 0 Å². The molecule has 0 spiro atoms. The van der Waals surface area contributed by atoms with Gasteiger partial charge in [0.2, 0.25) is 0 Å². The number of carbonyl (C=O) groups is 2. The number of unbranched alkanes of at least 4 members (excludes halogenated alkanes) is 1. The van der Waals surface area contributed by atoms with Crippen LogP contribution in [0.5, 0.6) is 0 Å². The summed E-state index contributed by atoms with van der Waals surface area (Å²) in [6.07, 6.45) is 5.24. The third kappa shape index (κ3) is 2.33. The molecule has 1 aliphatic heterocycles. The molecular formula is C17H16N2O2. The first-order valence-corrected chi connectivity index (χ1v) is 7.13. The first kappa shape index (κ1) is 13.5. The minimum atomic E-state index is -0.186. The zero-order valence-electron chi connectivity index (χ0n) is 11.9. The molecule has 106 valence electrons. The number of amides is 2. The van der Waals surface area contributed by atoms with Crippen molar-refractivity contribution in [3.63, 3.8) is 0 Å². The van der Waals surface area contributed by atoms with Gasteiger partial charge in [0.1, 0.15) is 0 Å². The molecule has 0 radical (unpaired) electrons. The largest absolute Gasteiger partial charge is 0.274 e. The Morgan fingerprint density at radius 2 is 1.86 bits per heavy atom. The molecule has 0 atom stereocenters. The molecule has 0 saturated heterocycles. The lowest BCUT2D eigenvalue weighted by molar-refractivity contribution is 0.0652. The Hall–Kier alpha value is -2.49. The maximum atomic E-state index is 12.4. The highest BCUT2D eigenvalue weighted by molar-refractivity contribution is 6.21. The van der Waals surface area contributed by atoms with Crippen LogP contribution in [0, 0.1) is 0 Å². The molecule has 1 aromatic heterocycles. The van der Waals surface area contributed by atoms with E-state index in [1.807, 2.05) is 25.1 Å². The van der Waals surface area contributed by atoms with Crippen LogP contribution in [-0.4, -0.2) is 28.2 Å². The fourth-order valence-electron chi connectivity index (χ4n) is 2.52. The lowest BCUT2D eigenvalue weighted by Crippen LogP contribution is -2.30. The van der Waals surface area contributed by atoms with E-state index in [0.29, 0.717) is 17.7 Å². The number of hydrogen-bond donors (Lipinski definition) is 0. The number of hydrogen-bond acceptors (Lipinski definition) is 3. The Balaban J connectivity index is 1.97. The molecular weight excluding hydrogens is 264 g/mol. The molecule has 0 aliphatic carbocycles. The Labute approximate surface area is 123 Å². The Morgan fingerprint density at radius 1 is 1.05 bits per heavy atom. The zero-order chi connectivity index (χ0) is 14.8. The van der Waals surface area contributed by atoms with E-state index >= 15 is 0 Å². The second-order valence-corrected chi connectivity index (χ2v) is 5.12. The van der Waals surface area contributed by atoms with Crippen LogP contribution in [0.1, 0.15) is 40.5 Å². The van der Waals surface area contributed by atoms with Gasteiger partial charge in [-0.3, -0.25) is 19.5 Å². The molecule has 0 fully saturated rings. The van der Waals surface area contributed by atoms with Crippen LogP contribution in [0.15, 0.2) is 42.7 Å². The van der Waals surface area contributed by atoms with Gasteiger partial charge in [-0.15, -0.1) is 0 Å². The van der Waals surface area contributed by atoms with Crippen LogP contribution in [-0.2, 0) is 0 Å². The van der Waals surface area contributed by atoms with Crippen molar-refractivity contribution in [1.82, 2.24) is 9.88 Å². The predicted molar refractivity (Wildman–Crippen MR) is 79.9 cm³/mol. The van der Waals surface area contributed by atoms with Crippen LogP contribution >= 0.6 is 0 Å². The smallest absolute Gasteiger partial charge is 0.261 e. The summed E-state index contributed by atoms with van der Waals surface area (Å²) in [5, 5.41) is 0. The topological polar surface area (TPSA) is 50.3 Å². The van der Waals surface area contributed by atoms with Crippen LogP contribution in [0.4, 0.5) is 0 Å². The summed E-state index contributed by atoms with van der Waals surface area (Å²) >= 11 is 0. The highest BCUT2D eigenvalue weighted by Crippen LogP contribution is 2.28. The number of aromatic nitrogens is 1. The molecule has 0 saturated carbocycles. The third-order valence-electron chi connectivity index (χ3n) is 3.70. The fraction of sp³-hybridized carbons (Fsp3) is 0.235. The standard InChI is InChI=1S/C17H16N2O2/c1-2-3-9-19-16(20)14-7-6-12(10-15(14)17(19)21)13-5-4-8-18-11-13/h4-8,10-11H,2-3,9H2,1H3. The van der Waals surface area contributed by atoms with Gasteiger partial charge in [0.05, 0.1) is 11.1 Å². The first-order chi connectivity index (χ1) is 10.2. The molecule has 1 aliphatic rings. The number of rotatable bonds is 4. The molecule has 3 rings (SSSR count). The van der Waals surface area contributed by atoms with Gasteiger partial charge < -0.3 is 0 Å². The summed E-state index contributed by atoms with van der Waals surface area (Å²) in [4.78, 5) is 30.1. The fourth-order valence-corrected chi connectivity index (χ4v) is 2.52. The van der Waals surface area contributed by atoms with E-state index < -0.39 is 0 Å². The van der Waals surface area contributed by atoms with Gasteiger partial charge in [-0.05, 0) is 30.2 Å². The Kier molecular flexibility index (Phi) is 3.52. The Morgan fingerprint density at radius 3 is 2.57 bits per heavy atom. The zero-order valence-corrected chi connectivity index (χ0v) is 11.9. The molecule has 2 aromatic rings. The van der Waals surface area contributed by atoms with Crippen LogP contribution in [0.2, 0.25) is 0 Å². The van der Waals surface area contributed by atoms with Crippen molar-refractivity contribution in [3.8, 4) is 11.1 Å². The number of benzene rings is 1. The monoisotopic (exact) mass is 280 g/mol. The van der Waals surface area contributed by atoms with Crippen molar-refractivity contribution in [1.29, 1.82) is 0 Å². The normalized spacial score (nSPS) is 13.7. The molecule has 2 amide bonds. The van der Waals surface area contributed by atoms with E-state index in [1.54, 1.807) is 24.5 Å². The maximum Gasteiger partial charge on any atom is 0.261 e. The molecule has 4 heteroatoms. The maximum absolute atomic E-state index is 12.4. The van der Waals surface area contributed by atoms with Gasteiger partial charge in [0.25, 0.3) is 11.8 Å². The van der Waals surface area contributed by atoms with E-state index in [-0.39, 0.29) is 11.8 Å². The van der Waals surface area contributed by atoms with Crippen molar-refractivity contribution >= 4 is 11.8 Å². The van der Waals surface area contributed by atoms with Crippen LogP contribution < -0.4 is 0 Å². The number of imide groups is 1. The van der Waals surface area contributed by atoms with E-state index in [9.17, 15) is 9.59 Å². The van der Waals surface area contributed by atoms with Gasteiger partial charge in [-0.1, -0.05) is 25.5 Å². The number of carbonyl (C=O) groups excluding carboxylic acids is 2. The summed E-state index contributed by atoms with van der Waals surface area (Å²) in [7, 11) is 0. The highest BCUT2D eigenvalue weighted by Gasteiger charge is 2.35. The number of nitrogens with zero attached hydrogens (tertiary/aromatic N) is 2. The van der Waals surface area contributed by atoms with Gasteiger partial charge in [-0.25, -0.2) is 0 Å². The second-order valence-electron chi connectivity index (χ2n) is 5.12. The summed E-state index contributed by atoms with van der Waals surface area (Å²) in [5.41, 5.74) is 2.84. The summed E-state index contributed by atoms with van der Waals surface area (Å²) in [6, 6.07) is 9.18. The van der Waals surface area contributed by atoms with E-state index in [1.165, 1.54) is 4.90 Å². The minimum Gasteiger partial charge on any atom is -0.274 e. The van der Waals surface area contributed by atoms with Crippen molar-refractivity contribution in [2.75, 3.05) is 6.54 Å². The average Bonchev–Trinajstić information content (AvgIpc) is 2.77. The van der Waals surface area contributed by atoms with E-state index in [2.05, 4.69) is 4.98 Å². The third-order valence-corrected chi connectivity index (χ3v) is 3.70. The van der Waals surface area contributed by atoms with Crippen LogP contribution in [0.3, 0.4) is 0 Å². The molecule has 4 nitrogen and oxygen atoms in total. The SMILES string of the molecule is CCCCN1C(=O)c2ccc(-c3cccnc3)cc2C1=O. The molecule has 1 aromatic carbocycles. The number of pyridine rings is 1. The minimum absolute atomic E-state index is 0.179. The summed E-state index contributed by atoms with van der Waals surface area (Å²) < 4.78 is 0. The Bertz CT molecular complexity index is 695. The van der Waals surface area contributed by atoms with Gasteiger partial charge in [0.15, 0.2) is 0 Å². The van der Waals surface area contributed by atoms with Gasteiger partial charge in [0, 0.05) is 24.5 Å². The first-order valence-electron chi connectivity index (χ1n) is 7.13. The van der Waals surface area contributed by atoms with Crippen molar-refractivity contribution in [3.05, 3.63) is 53.9 Å². The molecule has 21 heavy (non-hydrogen) atoms. The van der Waals surface area contributed by atoms with Gasteiger partial charge in [-0.2, -0.15) is 0 Å². The number of fused-ring (bicyclic) bond motifs is 1. The lowest BCUT2D eigenvalue weighted by Gasteiger charge is -2.12. The summed E-state index contributed by atoms with van der Waals surface area (Å²) in [6.45, 7) is 2.53. The van der Waals surface area contributed by atoms with Crippen molar-refractivity contribution in [2.45, 2.75) is 19.8 Å². The second kappa shape index (κ2) is 5.48. The average molecular weight is 280 g/mol. The molecule has 0 bridgehead atoms. The van der Waals surface area contributed by atoms with Crippen molar-refractivity contribution < 1.29 is 9.59 Å². The molecule has 0 N–H and O–H groups in total. The van der Waals surface area contributed by atoms with E-state index in [0.717, 1.165) is 24.0 Å².